The fourth-order valence-corrected chi connectivity index (χ4v) is 1.60. The average Bonchev–Trinajstić information content (AvgIpc) is 2.72. The lowest BCUT2D eigenvalue weighted by atomic mass is 10.1. The van der Waals surface area contributed by atoms with Gasteiger partial charge >= 0.3 is 0 Å². The fraction of sp³-hybridized carbons (Fsp3) is 0.250. The molecule has 0 radical (unpaired) electrons. The molecule has 0 fully saturated rings. The molecule has 1 heterocycles. The van der Waals surface area contributed by atoms with E-state index < -0.39 is 0 Å². The number of aryl methyl sites for hydroxylation is 1. The summed E-state index contributed by atoms with van der Waals surface area (Å²) >= 11 is 0. The summed E-state index contributed by atoms with van der Waals surface area (Å²) in [5, 5.41) is 10.4. The van der Waals surface area contributed by atoms with E-state index in [9.17, 15) is 4.79 Å². The van der Waals surface area contributed by atoms with Crippen LogP contribution in [0.4, 0.5) is 5.69 Å². The molecule has 0 spiro atoms. The Kier molecular flexibility index (Phi) is 3.57. The summed E-state index contributed by atoms with van der Waals surface area (Å²) in [4.78, 5) is 11.7. The van der Waals surface area contributed by atoms with E-state index in [1.165, 1.54) is 0 Å². The van der Waals surface area contributed by atoms with E-state index in [-0.39, 0.29) is 5.91 Å². The fourth-order valence-electron chi connectivity index (χ4n) is 1.60. The summed E-state index contributed by atoms with van der Waals surface area (Å²) in [6.45, 7) is 0.373. The molecule has 3 N–H and O–H groups in total. The highest BCUT2D eigenvalue weighted by atomic mass is 16.1. The number of nitrogen functional groups attached to an aromatic ring is 1. The van der Waals surface area contributed by atoms with E-state index in [0.717, 1.165) is 11.4 Å². The van der Waals surface area contributed by atoms with Crippen molar-refractivity contribution in [3.05, 3.63) is 42.0 Å². The van der Waals surface area contributed by atoms with Crippen LogP contribution in [0, 0.1) is 0 Å². The maximum atomic E-state index is 11.7. The highest BCUT2D eigenvalue weighted by Gasteiger charge is 2.06. The molecule has 6 nitrogen and oxygen atoms in total. The zero-order valence-corrected chi connectivity index (χ0v) is 10.1. The molecular weight excluding hydrogens is 230 g/mol. The third-order valence-corrected chi connectivity index (χ3v) is 2.56. The first-order chi connectivity index (χ1) is 8.65. The topological polar surface area (TPSA) is 85.8 Å². The van der Waals surface area contributed by atoms with Gasteiger partial charge in [0.05, 0.1) is 13.0 Å². The summed E-state index contributed by atoms with van der Waals surface area (Å²) in [5.41, 5.74) is 7.21. The van der Waals surface area contributed by atoms with Crippen LogP contribution in [0.3, 0.4) is 0 Å². The van der Waals surface area contributed by atoms with Gasteiger partial charge in [-0.05, 0) is 17.7 Å². The molecule has 2 aromatic rings. The van der Waals surface area contributed by atoms with Crippen LogP contribution in [0.25, 0.3) is 0 Å². The van der Waals surface area contributed by atoms with Gasteiger partial charge in [0.15, 0.2) is 5.82 Å². The Morgan fingerprint density at radius 3 is 3.00 bits per heavy atom. The van der Waals surface area contributed by atoms with Crippen molar-refractivity contribution in [1.82, 2.24) is 20.1 Å². The Bertz CT molecular complexity index is 549. The average molecular weight is 245 g/mol. The summed E-state index contributed by atoms with van der Waals surface area (Å²) in [7, 11) is 1.83. The Morgan fingerprint density at radius 1 is 1.50 bits per heavy atom. The van der Waals surface area contributed by atoms with Crippen molar-refractivity contribution in [3.63, 3.8) is 0 Å². The van der Waals surface area contributed by atoms with Gasteiger partial charge in [0, 0.05) is 12.7 Å². The van der Waals surface area contributed by atoms with Crippen LogP contribution in [0.1, 0.15) is 11.4 Å². The number of rotatable bonds is 4. The third-order valence-electron chi connectivity index (χ3n) is 2.56. The molecule has 0 saturated heterocycles. The molecule has 18 heavy (non-hydrogen) atoms. The van der Waals surface area contributed by atoms with Gasteiger partial charge in [-0.25, -0.2) is 0 Å². The molecule has 0 atom stereocenters. The molecule has 1 aromatic carbocycles. The lowest BCUT2D eigenvalue weighted by Gasteiger charge is -2.05. The molecule has 94 valence electrons. The number of nitrogens with two attached hydrogens (primary N) is 1. The molecule has 0 aliphatic carbocycles. The molecule has 0 unspecified atom stereocenters. The first-order valence-corrected chi connectivity index (χ1v) is 5.59. The molecule has 0 bridgehead atoms. The quantitative estimate of drug-likeness (QED) is 0.756. The van der Waals surface area contributed by atoms with Crippen LogP contribution >= 0.6 is 0 Å². The minimum Gasteiger partial charge on any atom is -0.399 e. The monoisotopic (exact) mass is 245 g/mol. The van der Waals surface area contributed by atoms with Gasteiger partial charge in [0.25, 0.3) is 0 Å². The zero-order chi connectivity index (χ0) is 13.0. The molecule has 6 heteroatoms. The highest BCUT2D eigenvalue weighted by Crippen LogP contribution is 2.07. The summed E-state index contributed by atoms with van der Waals surface area (Å²) in [6.07, 6.45) is 1.91. The van der Waals surface area contributed by atoms with E-state index >= 15 is 0 Å². The molecule has 1 aromatic heterocycles. The smallest absolute Gasteiger partial charge is 0.224 e. The Hall–Kier alpha value is -2.37. The van der Waals surface area contributed by atoms with Crippen molar-refractivity contribution in [1.29, 1.82) is 0 Å². The number of hydrogen-bond acceptors (Lipinski definition) is 4. The van der Waals surface area contributed by atoms with Crippen molar-refractivity contribution in [2.45, 2.75) is 13.0 Å². The van der Waals surface area contributed by atoms with Crippen LogP contribution in [0.5, 0.6) is 0 Å². The molecule has 0 saturated carbocycles. The van der Waals surface area contributed by atoms with Gasteiger partial charge in [-0.1, -0.05) is 12.1 Å². The van der Waals surface area contributed by atoms with Crippen LogP contribution in [-0.4, -0.2) is 20.7 Å². The largest absolute Gasteiger partial charge is 0.399 e. The van der Waals surface area contributed by atoms with E-state index in [4.69, 9.17) is 5.73 Å². The second kappa shape index (κ2) is 5.31. The van der Waals surface area contributed by atoms with Crippen molar-refractivity contribution in [2.24, 2.45) is 7.05 Å². The molecule has 2 rings (SSSR count). The van der Waals surface area contributed by atoms with Crippen LogP contribution in [0.15, 0.2) is 30.6 Å². The van der Waals surface area contributed by atoms with Crippen molar-refractivity contribution >= 4 is 11.6 Å². The third kappa shape index (κ3) is 3.07. The first kappa shape index (κ1) is 12.1. The Labute approximate surface area is 105 Å². The number of anilines is 1. The van der Waals surface area contributed by atoms with Crippen LogP contribution < -0.4 is 11.1 Å². The second-order valence-electron chi connectivity index (χ2n) is 4.06. The van der Waals surface area contributed by atoms with Crippen molar-refractivity contribution in [2.75, 3.05) is 5.73 Å². The zero-order valence-electron chi connectivity index (χ0n) is 10.1. The SMILES string of the molecule is Cn1cnnc1CNC(=O)Cc1cccc(N)c1. The molecule has 0 aliphatic rings. The number of hydrogen-bond donors (Lipinski definition) is 2. The van der Waals surface area contributed by atoms with Crippen molar-refractivity contribution in [3.8, 4) is 0 Å². The summed E-state index contributed by atoms with van der Waals surface area (Å²) < 4.78 is 1.76. The number of aromatic nitrogens is 3. The minimum absolute atomic E-state index is 0.0661. The van der Waals surface area contributed by atoms with Gasteiger partial charge < -0.3 is 15.6 Å². The van der Waals surface area contributed by atoms with Crippen LogP contribution in [-0.2, 0) is 24.8 Å². The van der Waals surface area contributed by atoms with Gasteiger partial charge in [-0.2, -0.15) is 0 Å². The highest BCUT2D eigenvalue weighted by molar-refractivity contribution is 5.78. The van der Waals surface area contributed by atoms with Gasteiger partial charge in [0.1, 0.15) is 6.33 Å². The predicted molar refractivity (Wildman–Crippen MR) is 67.4 cm³/mol. The van der Waals surface area contributed by atoms with Gasteiger partial charge in [-0.15, -0.1) is 10.2 Å². The maximum absolute atomic E-state index is 11.7. The number of carbonyl (C=O) groups excluding carboxylic acids is 1. The van der Waals surface area contributed by atoms with E-state index in [1.54, 1.807) is 23.0 Å². The Balaban J connectivity index is 1.88. The maximum Gasteiger partial charge on any atom is 0.224 e. The standard InChI is InChI=1S/C12H15N5O/c1-17-8-15-16-11(17)7-14-12(18)6-9-3-2-4-10(13)5-9/h2-5,8H,6-7,13H2,1H3,(H,14,18). The Morgan fingerprint density at radius 2 is 2.33 bits per heavy atom. The number of carbonyl (C=O) groups is 1. The number of amides is 1. The van der Waals surface area contributed by atoms with E-state index in [2.05, 4.69) is 15.5 Å². The minimum atomic E-state index is -0.0661. The van der Waals surface area contributed by atoms with Gasteiger partial charge in [-0.3, -0.25) is 4.79 Å². The predicted octanol–water partition coefficient (Wildman–Crippen LogP) is 0.256. The van der Waals surface area contributed by atoms with Crippen molar-refractivity contribution < 1.29 is 4.79 Å². The molecule has 0 aliphatic heterocycles. The van der Waals surface area contributed by atoms with E-state index in [1.807, 2.05) is 19.2 Å². The molecular formula is C12H15N5O. The van der Waals surface area contributed by atoms with Gasteiger partial charge in [0.2, 0.25) is 5.91 Å². The normalized spacial score (nSPS) is 10.3. The molecule has 1 amide bonds. The first-order valence-electron chi connectivity index (χ1n) is 5.59. The number of nitrogens with zero attached hydrogens (tertiary/aromatic N) is 3. The lowest BCUT2D eigenvalue weighted by Crippen LogP contribution is -2.26. The number of nitrogens with one attached hydrogen (secondary N) is 1. The van der Waals surface area contributed by atoms with E-state index in [0.29, 0.717) is 18.7 Å². The summed E-state index contributed by atoms with van der Waals surface area (Å²) in [6, 6.07) is 7.29. The van der Waals surface area contributed by atoms with Crippen LogP contribution in [0.2, 0.25) is 0 Å². The number of benzene rings is 1. The second-order valence-corrected chi connectivity index (χ2v) is 4.06. The lowest BCUT2D eigenvalue weighted by molar-refractivity contribution is -0.120. The summed E-state index contributed by atoms with van der Waals surface area (Å²) in [5.74, 6) is 0.652.